The van der Waals surface area contributed by atoms with E-state index >= 15 is 0 Å². The zero-order chi connectivity index (χ0) is 7.11. The lowest BCUT2D eigenvalue weighted by molar-refractivity contribution is -0.456. The fourth-order valence-corrected chi connectivity index (χ4v) is 0.144. The van der Waals surface area contributed by atoms with E-state index in [1.807, 2.05) is 0 Å². The number of tetrazole rings is 1. The molecule has 0 saturated carbocycles. The first kappa shape index (κ1) is 7.54. The lowest BCUT2D eigenvalue weighted by Gasteiger charge is -1.77. The van der Waals surface area contributed by atoms with Crippen molar-refractivity contribution in [2.45, 2.75) is 6.92 Å². The van der Waals surface area contributed by atoms with Gasteiger partial charge in [0, 0.05) is 5.97 Å². The van der Waals surface area contributed by atoms with Crippen LogP contribution in [0.2, 0.25) is 0 Å². The molecule has 1 rings (SSSR count). The molecule has 9 heavy (non-hydrogen) atoms. The first-order valence-electron chi connectivity index (χ1n) is 2.13. The monoisotopic (exact) mass is 130 g/mol. The number of carbonyl (C=O) groups is 1. The highest BCUT2D eigenvalue weighted by molar-refractivity contribution is 5.60. The predicted octanol–water partition coefficient (Wildman–Crippen LogP) is -2.62. The van der Waals surface area contributed by atoms with Gasteiger partial charge in [-0.25, -0.2) is 0 Å². The van der Waals surface area contributed by atoms with Gasteiger partial charge in [-0.1, -0.05) is 5.21 Å². The summed E-state index contributed by atoms with van der Waals surface area (Å²) >= 11 is 0. The summed E-state index contributed by atoms with van der Waals surface area (Å²) < 4.78 is 0. The van der Waals surface area contributed by atoms with Gasteiger partial charge in [-0.2, -0.15) is 5.10 Å². The summed E-state index contributed by atoms with van der Waals surface area (Å²) in [5, 5.41) is 20.4. The van der Waals surface area contributed by atoms with E-state index in [9.17, 15) is 0 Å². The molecule has 0 spiro atoms. The largest absolute Gasteiger partial charge is 0.550 e. The lowest BCUT2D eigenvalue weighted by Crippen LogP contribution is -2.16. The minimum Gasteiger partial charge on any atom is -0.550 e. The number of aromatic amines is 2. The second-order valence-electron chi connectivity index (χ2n) is 1.09. The summed E-state index contributed by atoms with van der Waals surface area (Å²) in [5.41, 5.74) is 0. The summed E-state index contributed by atoms with van der Waals surface area (Å²) in [6.45, 7) is 0.972. The van der Waals surface area contributed by atoms with Gasteiger partial charge in [0.1, 0.15) is 5.10 Å². The lowest BCUT2D eigenvalue weighted by atomic mass is 10.9. The van der Waals surface area contributed by atoms with Crippen molar-refractivity contribution in [3.8, 4) is 0 Å². The normalized spacial score (nSPS) is 7.22. The van der Waals surface area contributed by atoms with Gasteiger partial charge in [-0.15, -0.1) is 0 Å². The van der Waals surface area contributed by atoms with E-state index in [-0.39, 0.29) is 0 Å². The van der Waals surface area contributed by atoms with Crippen LogP contribution in [0.4, 0.5) is 0 Å². The molecular weight excluding hydrogens is 124 g/mol. The summed E-state index contributed by atoms with van der Waals surface area (Å²) in [5.74, 6) is -1.08. The van der Waals surface area contributed by atoms with Crippen LogP contribution in [-0.4, -0.2) is 21.5 Å². The average molecular weight is 130 g/mol. The van der Waals surface area contributed by atoms with Crippen LogP contribution >= 0.6 is 0 Å². The molecule has 1 heterocycles. The van der Waals surface area contributed by atoms with E-state index in [1.165, 1.54) is 6.33 Å². The first-order chi connectivity index (χ1) is 4.23. The summed E-state index contributed by atoms with van der Waals surface area (Å²) in [6.07, 6.45) is 1.46. The number of carboxylic acid groups (broad SMARTS) is 1. The van der Waals surface area contributed by atoms with Gasteiger partial charge >= 0.3 is 0 Å². The molecule has 0 aliphatic carbocycles. The Bertz CT molecular complexity index is 128. The maximum absolute atomic E-state index is 8.89. The molecule has 1 aromatic heterocycles. The van der Waals surface area contributed by atoms with Crippen molar-refractivity contribution in [2.75, 3.05) is 0 Å². The molecule has 0 aliphatic heterocycles. The van der Waals surface area contributed by atoms with Crippen molar-refractivity contribution in [1.29, 1.82) is 0 Å². The Kier molecular flexibility index (Phi) is 3.93. The van der Waals surface area contributed by atoms with Gasteiger partial charge in [0.15, 0.2) is 5.21 Å². The molecule has 0 aromatic carbocycles. The van der Waals surface area contributed by atoms with Gasteiger partial charge in [0.25, 0.3) is 6.33 Å². The number of nitrogens with one attached hydrogen (secondary N) is 2. The van der Waals surface area contributed by atoms with Gasteiger partial charge in [0.05, 0.1) is 0 Å². The molecule has 0 atom stereocenters. The molecule has 2 N–H and O–H groups in total. The highest BCUT2D eigenvalue weighted by Gasteiger charge is 1.71. The van der Waals surface area contributed by atoms with Crippen molar-refractivity contribution >= 4 is 5.97 Å². The van der Waals surface area contributed by atoms with E-state index in [2.05, 4.69) is 20.6 Å². The number of carbonyl (C=O) groups excluding carboxylic acids is 1. The summed E-state index contributed by atoms with van der Waals surface area (Å²) in [7, 11) is 0. The number of hydrogen-bond acceptors (Lipinski definition) is 4. The number of aromatic nitrogens is 4. The molecule has 6 heteroatoms. The second-order valence-corrected chi connectivity index (χ2v) is 1.09. The quantitative estimate of drug-likeness (QED) is 0.415. The van der Waals surface area contributed by atoms with E-state index in [0.29, 0.717) is 0 Å². The van der Waals surface area contributed by atoms with Crippen molar-refractivity contribution in [3.63, 3.8) is 0 Å². The third-order valence-electron chi connectivity index (χ3n) is 0.295. The first-order valence-corrected chi connectivity index (χ1v) is 2.13. The SMILES string of the molecule is CC(=O)[O-].c1nn[nH][nH+]1. The Balaban J connectivity index is 0.000000148. The number of rotatable bonds is 0. The maximum Gasteiger partial charge on any atom is 0.286 e. The van der Waals surface area contributed by atoms with Crippen LogP contribution in [-0.2, 0) is 4.79 Å². The average Bonchev–Trinajstić information content (AvgIpc) is 2.11. The van der Waals surface area contributed by atoms with Crippen LogP contribution in [0.1, 0.15) is 6.92 Å². The Morgan fingerprint density at radius 2 is 2.44 bits per heavy atom. The zero-order valence-corrected chi connectivity index (χ0v) is 4.79. The summed E-state index contributed by atoms with van der Waals surface area (Å²) in [6, 6.07) is 0. The third-order valence-corrected chi connectivity index (χ3v) is 0.295. The fraction of sp³-hybridized carbons (Fsp3) is 0.333. The van der Waals surface area contributed by atoms with Gasteiger partial charge in [-0.05, 0) is 6.92 Å². The highest BCUT2D eigenvalue weighted by Crippen LogP contribution is 1.32. The van der Waals surface area contributed by atoms with Gasteiger partial charge in [-0.3, -0.25) is 0 Å². The number of hydrogen-bond donors (Lipinski definition) is 1. The Morgan fingerprint density at radius 3 is 2.56 bits per heavy atom. The zero-order valence-electron chi connectivity index (χ0n) is 4.79. The Hall–Kier alpha value is -1.46. The molecule has 6 nitrogen and oxygen atoms in total. The van der Waals surface area contributed by atoms with Crippen molar-refractivity contribution in [3.05, 3.63) is 6.33 Å². The second kappa shape index (κ2) is 4.69. The molecule has 0 radical (unpaired) electrons. The van der Waals surface area contributed by atoms with Crippen LogP contribution in [0, 0.1) is 0 Å². The van der Waals surface area contributed by atoms with Crippen molar-refractivity contribution in [1.82, 2.24) is 15.5 Å². The maximum atomic E-state index is 8.89. The molecule has 50 valence electrons. The molecule has 1 aromatic rings. The smallest absolute Gasteiger partial charge is 0.286 e. The molecule has 0 fully saturated rings. The topological polar surface area (TPSA) is 95.8 Å². The van der Waals surface area contributed by atoms with E-state index in [1.54, 1.807) is 0 Å². The molecule has 0 aliphatic rings. The fourth-order valence-electron chi connectivity index (χ4n) is 0.144. The van der Waals surface area contributed by atoms with Gasteiger partial charge < -0.3 is 9.90 Å². The molecule has 0 saturated heterocycles. The Labute approximate surface area is 50.9 Å². The van der Waals surface area contributed by atoms with Crippen molar-refractivity contribution < 1.29 is 15.0 Å². The van der Waals surface area contributed by atoms with Crippen LogP contribution in [0.25, 0.3) is 0 Å². The molecular formula is C3H6N4O2. The molecule has 0 bridgehead atoms. The number of carboxylic acids is 1. The predicted molar refractivity (Wildman–Crippen MR) is 23.6 cm³/mol. The standard InChI is InChI=1S/C2H4O2.CH2N4/c1-2(3)4;1-2-4-5-3-1/h1H3,(H,3,4);1H,(H,2,3,4,5). The van der Waals surface area contributed by atoms with Crippen molar-refractivity contribution in [2.24, 2.45) is 0 Å². The van der Waals surface area contributed by atoms with E-state index in [4.69, 9.17) is 9.90 Å². The molecule has 0 amide bonds. The number of aliphatic carboxylic acids is 1. The number of H-pyrrole nitrogens is 2. The van der Waals surface area contributed by atoms with Crippen LogP contribution in [0.5, 0.6) is 0 Å². The van der Waals surface area contributed by atoms with Crippen LogP contribution < -0.4 is 10.2 Å². The third kappa shape index (κ3) is 10.8. The highest BCUT2D eigenvalue weighted by atomic mass is 16.4. The van der Waals surface area contributed by atoms with Crippen LogP contribution in [0.15, 0.2) is 6.33 Å². The van der Waals surface area contributed by atoms with Crippen LogP contribution in [0.3, 0.4) is 0 Å². The minimum absolute atomic E-state index is 0.972. The number of nitrogens with zero attached hydrogens (tertiary/aromatic N) is 2. The van der Waals surface area contributed by atoms with E-state index < -0.39 is 5.97 Å². The Morgan fingerprint density at radius 1 is 1.89 bits per heavy atom. The minimum atomic E-state index is -1.08. The summed E-state index contributed by atoms with van der Waals surface area (Å²) in [4.78, 5) is 8.89. The molecule has 0 unspecified atom stereocenters. The van der Waals surface area contributed by atoms with Gasteiger partial charge in [0.2, 0.25) is 0 Å². The van der Waals surface area contributed by atoms with E-state index in [0.717, 1.165) is 6.92 Å².